The van der Waals surface area contributed by atoms with Crippen LogP contribution in [0.1, 0.15) is 47.2 Å². The van der Waals surface area contributed by atoms with E-state index in [1.54, 1.807) is 0 Å². The van der Waals surface area contributed by atoms with Crippen molar-refractivity contribution in [3.8, 4) is 33.8 Å². The average molecular weight is 772 g/mol. The summed E-state index contributed by atoms with van der Waals surface area (Å²) in [6.07, 6.45) is 0. The lowest BCUT2D eigenvalue weighted by Crippen LogP contribution is -2.32. The summed E-state index contributed by atoms with van der Waals surface area (Å²) in [6, 6.07) is 70.0. The van der Waals surface area contributed by atoms with E-state index in [2.05, 4.69) is 207 Å². The molecular weight excluding hydrogens is 735 g/mol. The van der Waals surface area contributed by atoms with Crippen molar-refractivity contribution >= 4 is 59.3 Å². The highest BCUT2D eigenvalue weighted by atomic mass is 32.1. The lowest BCUT2D eigenvalue weighted by molar-refractivity contribution is 0.436. The van der Waals surface area contributed by atoms with Gasteiger partial charge in [-0.25, -0.2) is 0 Å². The Balaban J connectivity index is 1.13. The van der Waals surface area contributed by atoms with Gasteiger partial charge in [0.1, 0.15) is 11.5 Å². The van der Waals surface area contributed by atoms with Gasteiger partial charge in [-0.15, -0.1) is 11.3 Å². The van der Waals surface area contributed by atoms with Gasteiger partial charge in [-0.2, -0.15) is 0 Å². The molecule has 2 heterocycles. The zero-order chi connectivity index (χ0) is 39.0. The van der Waals surface area contributed by atoms with Gasteiger partial charge in [0, 0.05) is 43.4 Å². The van der Waals surface area contributed by atoms with Crippen LogP contribution in [0.15, 0.2) is 188 Å². The van der Waals surface area contributed by atoms with Crippen LogP contribution in [-0.2, 0) is 10.8 Å². The van der Waals surface area contributed by atoms with Crippen molar-refractivity contribution < 1.29 is 4.74 Å². The second-order valence-corrected chi connectivity index (χ2v) is 17.9. The molecule has 2 aliphatic carbocycles. The number of fused-ring (bicyclic) bond motifs is 16. The second kappa shape index (κ2) is 11.8. The second-order valence-electron chi connectivity index (χ2n) is 16.8. The maximum Gasteiger partial charge on any atom is 0.132 e. The molecule has 0 fully saturated rings. The molecule has 0 amide bonds. The van der Waals surface area contributed by atoms with E-state index in [-0.39, 0.29) is 5.41 Å². The molecule has 0 radical (unpaired) electrons. The zero-order valence-electron chi connectivity index (χ0n) is 32.7. The van der Waals surface area contributed by atoms with Crippen LogP contribution in [0.5, 0.6) is 11.5 Å². The summed E-state index contributed by atoms with van der Waals surface area (Å²) in [7, 11) is 0. The molecule has 1 aliphatic heterocycles. The number of hydrogen-bond acceptors (Lipinski definition) is 3. The van der Waals surface area contributed by atoms with Crippen molar-refractivity contribution in [1.29, 1.82) is 0 Å². The molecule has 0 bridgehead atoms. The van der Waals surface area contributed by atoms with E-state index in [0.29, 0.717) is 0 Å². The Hall–Kier alpha value is -6.94. The summed E-state index contributed by atoms with van der Waals surface area (Å²) in [6.45, 7) is 4.75. The van der Waals surface area contributed by atoms with Crippen molar-refractivity contribution in [2.75, 3.05) is 4.90 Å². The minimum absolute atomic E-state index is 0.140. The van der Waals surface area contributed by atoms with E-state index in [1.165, 1.54) is 92.3 Å². The van der Waals surface area contributed by atoms with Gasteiger partial charge in [0.25, 0.3) is 0 Å². The lowest BCUT2D eigenvalue weighted by Gasteiger charge is -2.39. The van der Waals surface area contributed by atoms with Crippen LogP contribution in [-0.4, -0.2) is 0 Å². The van der Waals surface area contributed by atoms with Crippen molar-refractivity contribution in [2.24, 2.45) is 0 Å². The van der Waals surface area contributed by atoms with Crippen LogP contribution < -0.4 is 9.64 Å². The number of thiophene rings is 1. The van der Waals surface area contributed by atoms with E-state index < -0.39 is 5.41 Å². The molecule has 0 saturated carbocycles. The van der Waals surface area contributed by atoms with Crippen LogP contribution in [0.2, 0.25) is 0 Å². The van der Waals surface area contributed by atoms with Crippen molar-refractivity contribution in [3.05, 3.63) is 221 Å². The Kier molecular flexibility index (Phi) is 6.62. The van der Waals surface area contributed by atoms with E-state index >= 15 is 0 Å². The fourth-order valence-electron chi connectivity index (χ4n) is 10.9. The van der Waals surface area contributed by atoms with Crippen molar-refractivity contribution in [2.45, 2.75) is 24.7 Å². The Labute approximate surface area is 347 Å². The Morgan fingerprint density at radius 3 is 1.75 bits per heavy atom. The van der Waals surface area contributed by atoms with Gasteiger partial charge in [-0.05, 0) is 116 Å². The summed E-state index contributed by atoms with van der Waals surface area (Å²) < 4.78 is 9.33. The lowest BCUT2D eigenvalue weighted by atomic mass is 9.66. The Bertz CT molecular complexity index is 3380. The maximum absolute atomic E-state index is 6.75. The molecule has 0 atom stereocenters. The number of hydrogen-bond donors (Lipinski definition) is 0. The number of para-hydroxylation sites is 2. The van der Waals surface area contributed by atoms with E-state index in [1.807, 2.05) is 11.3 Å². The summed E-state index contributed by atoms with van der Waals surface area (Å²) in [5.74, 6) is 1.80. The molecule has 3 aliphatic rings. The first-order valence-electron chi connectivity index (χ1n) is 20.5. The number of anilines is 3. The van der Waals surface area contributed by atoms with Crippen LogP contribution in [0.3, 0.4) is 0 Å². The highest BCUT2D eigenvalue weighted by Crippen LogP contribution is 2.63. The molecule has 59 heavy (non-hydrogen) atoms. The fourth-order valence-corrected chi connectivity index (χ4v) is 12.1. The van der Waals surface area contributed by atoms with Crippen molar-refractivity contribution in [1.82, 2.24) is 0 Å². The first-order valence-corrected chi connectivity index (χ1v) is 21.3. The van der Waals surface area contributed by atoms with Crippen LogP contribution in [0, 0.1) is 0 Å². The van der Waals surface area contributed by atoms with E-state index in [0.717, 1.165) is 22.9 Å². The van der Waals surface area contributed by atoms with E-state index in [4.69, 9.17) is 4.74 Å². The predicted octanol–water partition coefficient (Wildman–Crippen LogP) is 15.5. The molecule has 1 aromatic heterocycles. The largest absolute Gasteiger partial charge is 0.457 e. The minimum Gasteiger partial charge on any atom is -0.457 e. The van der Waals surface area contributed by atoms with Crippen LogP contribution in [0.25, 0.3) is 53.2 Å². The normalized spacial score (nSPS) is 14.7. The standard InChI is InChI=1S/C56H37NOS/c1-55(2)44-19-7-5-16-38(44)39-28-26-36(32-47(39)55)57(50-22-13-18-42-41-17-6-12-25-53(41)59-54(42)50)37-27-29-40-43-30-34-14-3-4-15-35(34)31-48(43)56(49(40)33-37)45-20-8-10-23-51(45)58-52-24-11-9-21-46(52)56/h3-33H,1-2H3. The summed E-state index contributed by atoms with van der Waals surface area (Å²) in [5.41, 5.74) is 15.5. The van der Waals surface area contributed by atoms with Crippen molar-refractivity contribution in [3.63, 3.8) is 0 Å². The fraction of sp³-hybridized carbons (Fsp3) is 0.0714. The number of nitrogens with zero attached hydrogens (tertiary/aromatic N) is 1. The van der Waals surface area contributed by atoms with Gasteiger partial charge in [0.15, 0.2) is 0 Å². The summed E-state index contributed by atoms with van der Waals surface area (Å²) >= 11 is 1.88. The average Bonchev–Trinajstić information content (AvgIpc) is 3.87. The molecular formula is C56H37NOS. The molecule has 0 N–H and O–H groups in total. The van der Waals surface area contributed by atoms with Gasteiger partial charge < -0.3 is 9.64 Å². The maximum atomic E-state index is 6.75. The highest BCUT2D eigenvalue weighted by molar-refractivity contribution is 7.26. The van der Waals surface area contributed by atoms with Gasteiger partial charge >= 0.3 is 0 Å². The number of rotatable bonds is 3. The predicted molar refractivity (Wildman–Crippen MR) is 246 cm³/mol. The van der Waals surface area contributed by atoms with E-state index in [9.17, 15) is 0 Å². The molecule has 278 valence electrons. The molecule has 13 rings (SSSR count). The third-order valence-electron chi connectivity index (χ3n) is 13.5. The third kappa shape index (κ3) is 4.35. The first kappa shape index (κ1) is 33.1. The molecule has 0 saturated heterocycles. The summed E-state index contributed by atoms with van der Waals surface area (Å²) in [5, 5.41) is 5.06. The molecule has 9 aromatic carbocycles. The molecule has 2 nitrogen and oxygen atoms in total. The molecule has 0 unspecified atom stereocenters. The third-order valence-corrected chi connectivity index (χ3v) is 14.7. The topological polar surface area (TPSA) is 12.5 Å². The summed E-state index contributed by atoms with van der Waals surface area (Å²) in [4.78, 5) is 2.53. The Morgan fingerprint density at radius 1 is 0.424 bits per heavy atom. The highest BCUT2D eigenvalue weighted by Gasteiger charge is 2.51. The van der Waals surface area contributed by atoms with Gasteiger partial charge in [-0.3, -0.25) is 0 Å². The molecule has 10 aromatic rings. The molecule has 3 heteroatoms. The number of benzene rings is 9. The Morgan fingerprint density at radius 2 is 0.983 bits per heavy atom. The monoisotopic (exact) mass is 771 g/mol. The number of ether oxygens (including phenoxy) is 1. The van der Waals surface area contributed by atoms with Crippen LogP contribution in [0.4, 0.5) is 17.1 Å². The first-order chi connectivity index (χ1) is 29.0. The van der Waals surface area contributed by atoms with Gasteiger partial charge in [-0.1, -0.05) is 141 Å². The zero-order valence-corrected chi connectivity index (χ0v) is 33.5. The smallest absolute Gasteiger partial charge is 0.132 e. The SMILES string of the molecule is CC1(C)c2ccccc2-c2ccc(N(c3ccc4c(c3)C3(c5ccccc5Oc5ccccc53)c3cc5ccccc5cc3-4)c3cccc4c3sc3ccccc34)cc21. The molecule has 1 spiro atoms. The minimum atomic E-state index is -0.604. The van der Waals surface area contributed by atoms with Crippen LogP contribution >= 0.6 is 11.3 Å². The van der Waals surface area contributed by atoms with Gasteiger partial charge in [0.05, 0.1) is 15.8 Å². The van der Waals surface area contributed by atoms with Gasteiger partial charge in [0.2, 0.25) is 0 Å². The quantitative estimate of drug-likeness (QED) is 0.177.